The van der Waals surface area contributed by atoms with Gasteiger partial charge in [-0.15, -0.1) is 11.3 Å². The first-order chi connectivity index (χ1) is 6.92. The molecule has 0 amide bonds. The molecule has 2 aromatic heterocycles. The number of rotatable bonds is 3. The molecule has 0 aromatic carbocycles. The third kappa shape index (κ3) is 1.63. The van der Waals surface area contributed by atoms with E-state index in [4.69, 9.17) is 0 Å². The Hall–Kier alpha value is -1.00. The van der Waals surface area contributed by atoms with Crippen LogP contribution >= 0.6 is 11.3 Å². The topological polar surface area (TPSA) is 37.8 Å². The van der Waals surface area contributed by atoms with Crippen LogP contribution in [0.25, 0.3) is 10.2 Å². The Morgan fingerprint density at radius 2 is 2.43 bits per heavy atom. The molecular formula is C10H11N3S. The number of nitrogens with one attached hydrogen (secondary N) is 1. The Balaban J connectivity index is 1.82. The Morgan fingerprint density at radius 3 is 3.21 bits per heavy atom. The molecule has 0 spiro atoms. The molecule has 3 nitrogen and oxygen atoms in total. The van der Waals surface area contributed by atoms with Gasteiger partial charge in [-0.25, -0.2) is 4.98 Å². The van der Waals surface area contributed by atoms with Crippen molar-refractivity contribution in [2.45, 2.75) is 25.4 Å². The van der Waals surface area contributed by atoms with Crippen LogP contribution in [0.5, 0.6) is 0 Å². The molecule has 3 rings (SSSR count). The molecule has 2 heterocycles. The second-order valence-corrected chi connectivity index (χ2v) is 4.72. The van der Waals surface area contributed by atoms with Crippen LogP contribution < -0.4 is 5.32 Å². The molecule has 1 aliphatic carbocycles. The molecular weight excluding hydrogens is 194 g/mol. The Labute approximate surface area is 86.2 Å². The average Bonchev–Trinajstić information content (AvgIpc) is 2.94. The second kappa shape index (κ2) is 3.29. The van der Waals surface area contributed by atoms with Crippen LogP contribution in [0.15, 0.2) is 18.5 Å². The van der Waals surface area contributed by atoms with E-state index in [1.807, 2.05) is 18.5 Å². The van der Waals surface area contributed by atoms with E-state index >= 15 is 0 Å². The summed E-state index contributed by atoms with van der Waals surface area (Å²) in [5.74, 6) is 0. The highest BCUT2D eigenvalue weighted by Crippen LogP contribution is 2.23. The molecule has 0 atom stereocenters. The summed E-state index contributed by atoms with van der Waals surface area (Å²) in [6.45, 7) is 0.907. The maximum Gasteiger partial charge on any atom is 0.108 e. The molecule has 4 heteroatoms. The van der Waals surface area contributed by atoms with Crippen LogP contribution in [0.1, 0.15) is 17.8 Å². The molecule has 72 valence electrons. The van der Waals surface area contributed by atoms with Gasteiger partial charge in [0.1, 0.15) is 5.01 Å². The third-order valence-electron chi connectivity index (χ3n) is 2.35. The molecule has 1 fully saturated rings. The number of thiazole rings is 1. The highest BCUT2D eigenvalue weighted by atomic mass is 32.1. The Bertz CT molecular complexity index is 414. The molecule has 0 aliphatic heterocycles. The molecule has 1 aliphatic rings. The fraction of sp³-hybridized carbons (Fsp3) is 0.400. The largest absolute Gasteiger partial charge is 0.308 e. The highest BCUT2D eigenvalue weighted by Gasteiger charge is 2.20. The Morgan fingerprint density at radius 1 is 1.50 bits per heavy atom. The predicted molar refractivity (Wildman–Crippen MR) is 57.3 cm³/mol. The minimum atomic E-state index is 0.750. The van der Waals surface area contributed by atoms with E-state index in [9.17, 15) is 0 Å². The van der Waals surface area contributed by atoms with Gasteiger partial charge in [-0.1, -0.05) is 0 Å². The first-order valence-corrected chi connectivity index (χ1v) is 5.66. The van der Waals surface area contributed by atoms with Crippen molar-refractivity contribution in [2.75, 3.05) is 0 Å². The van der Waals surface area contributed by atoms with Crippen molar-refractivity contribution in [3.05, 3.63) is 23.5 Å². The van der Waals surface area contributed by atoms with Gasteiger partial charge in [-0.05, 0) is 18.9 Å². The SMILES string of the molecule is c1cc2sc(CNC3CC3)nc2cn1. The molecule has 1 saturated carbocycles. The molecule has 2 aromatic rings. The van der Waals surface area contributed by atoms with Crippen molar-refractivity contribution in [1.29, 1.82) is 0 Å². The summed E-state index contributed by atoms with van der Waals surface area (Å²) in [6.07, 6.45) is 6.30. The monoisotopic (exact) mass is 205 g/mol. The van der Waals surface area contributed by atoms with Gasteiger partial charge in [-0.2, -0.15) is 0 Å². The number of hydrogen-bond acceptors (Lipinski definition) is 4. The van der Waals surface area contributed by atoms with Crippen LogP contribution in [-0.2, 0) is 6.54 Å². The summed E-state index contributed by atoms with van der Waals surface area (Å²) >= 11 is 1.75. The van der Waals surface area contributed by atoms with Gasteiger partial charge >= 0.3 is 0 Å². The zero-order chi connectivity index (χ0) is 9.38. The van der Waals surface area contributed by atoms with Crippen molar-refractivity contribution in [1.82, 2.24) is 15.3 Å². The minimum absolute atomic E-state index is 0.750. The number of hydrogen-bond donors (Lipinski definition) is 1. The van der Waals surface area contributed by atoms with Gasteiger partial charge in [0.2, 0.25) is 0 Å². The second-order valence-electron chi connectivity index (χ2n) is 3.61. The van der Waals surface area contributed by atoms with E-state index in [1.54, 1.807) is 11.3 Å². The fourth-order valence-electron chi connectivity index (χ4n) is 1.42. The van der Waals surface area contributed by atoms with Crippen LogP contribution in [0, 0.1) is 0 Å². The summed E-state index contributed by atoms with van der Waals surface area (Å²) in [6, 6.07) is 2.77. The number of aromatic nitrogens is 2. The normalized spacial score (nSPS) is 16.3. The maximum atomic E-state index is 4.51. The van der Waals surface area contributed by atoms with Gasteiger partial charge in [0.25, 0.3) is 0 Å². The molecule has 0 bridgehead atoms. The first kappa shape index (κ1) is 8.32. The average molecular weight is 205 g/mol. The molecule has 0 saturated heterocycles. The van der Waals surface area contributed by atoms with Crippen molar-refractivity contribution < 1.29 is 0 Å². The number of pyridine rings is 1. The lowest BCUT2D eigenvalue weighted by Crippen LogP contribution is -2.14. The number of nitrogens with zero attached hydrogens (tertiary/aromatic N) is 2. The van der Waals surface area contributed by atoms with Crippen LogP contribution in [0.4, 0.5) is 0 Å². The van der Waals surface area contributed by atoms with Gasteiger partial charge in [0.15, 0.2) is 0 Å². The van der Waals surface area contributed by atoms with Gasteiger partial charge in [-0.3, -0.25) is 4.98 Å². The summed E-state index contributed by atoms with van der Waals surface area (Å²) < 4.78 is 1.23. The van der Waals surface area contributed by atoms with Gasteiger partial charge < -0.3 is 5.32 Å². The van der Waals surface area contributed by atoms with Crippen LogP contribution in [-0.4, -0.2) is 16.0 Å². The maximum absolute atomic E-state index is 4.51. The van der Waals surface area contributed by atoms with Gasteiger partial charge in [0.05, 0.1) is 16.4 Å². The Kier molecular flexibility index (Phi) is 1.96. The first-order valence-electron chi connectivity index (χ1n) is 4.84. The highest BCUT2D eigenvalue weighted by molar-refractivity contribution is 7.18. The van der Waals surface area contributed by atoms with E-state index in [0.717, 1.165) is 18.1 Å². The van der Waals surface area contributed by atoms with E-state index in [1.165, 1.54) is 22.5 Å². The van der Waals surface area contributed by atoms with Crippen LogP contribution in [0.2, 0.25) is 0 Å². The smallest absolute Gasteiger partial charge is 0.108 e. The quantitative estimate of drug-likeness (QED) is 0.832. The summed E-state index contributed by atoms with van der Waals surface area (Å²) in [5.41, 5.74) is 1.02. The van der Waals surface area contributed by atoms with E-state index in [2.05, 4.69) is 15.3 Å². The van der Waals surface area contributed by atoms with E-state index in [0.29, 0.717) is 0 Å². The summed E-state index contributed by atoms with van der Waals surface area (Å²) in [7, 11) is 0. The molecule has 14 heavy (non-hydrogen) atoms. The fourth-order valence-corrected chi connectivity index (χ4v) is 2.31. The predicted octanol–water partition coefficient (Wildman–Crippen LogP) is 1.94. The van der Waals surface area contributed by atoms with E-state index < -0.39 is 0 Å². The lowest BCUT2D eigenvalue weighted by Gasteiger charge is -1.96. The van der Waals surface area contributed by atoms with Crippen LogP contribution in [0.3, 0.4) is 0 Å². The zero-order valence-corrected chi connectivity index (χ0v) is 8.55. The lowest BCUT2D eigenvalue weighted by atomic mass is 10.4. The zero-order valence-electron chi connectivity index (χ0n) is 7.73. The minimum Gasteiger partial charge on any atom is -0.308 e. The van der Waals surface area contributed by atoms with Gasteiger partial charge in [0, 0.05) is 18.8 Å². The van der Waals surface area contributed by atoms with Crippen molar-refractivity contribution in [3.8, 4) is 0 Å². The van der Waals surface area contributed by atoms with Crippen molar-refractivity contribution in [3.63, 3.8) is 0 Å². The summed E-state index contributed by atoms with van der Waals surface area (Å²) in [5, 5.41) is 4.63. The molecule has 0 unspecified atom stereocenters. The van der Waals surface area contributed by atoms with Crippen molar-refractivity contribution in [2.24, 2.45) is 0 Å². The number of fused-ring (bicyclic) bond motifs is 1. The molecule has 1 N–H and O–H groups in total. The molecule has 0 radical (unpaired) electrons. The van der Waals surface area contributed by atoms with Crippen molar-refractivity contribution >= 4 is 21.6 Å². The standard InChI is InChI=1S/C10H11N3S/c1-2-7(1)12-6-10-13-8-5-11-4-3-9(8)14-10/h3-5,7,12H,1-2,6H2. The van der Waals surface area contributed by atoms with E-state index in [-0.39, 0.29) is 0 Å². The third-order valence-corrected chi connectivity index (χ3v) is 3.39. The lowest BCUT2D eigenvalue weighted by molar-refractivity contribution is 0.685. The summed E-state index contributed by atoms with van der Waals surface area (Å²) in [4.78, 5) is 8.56.